The van der Waals surface area contributed by atoms with Gasteiger partial charge in [0.1, 0.15) is 11.5 Å². The van der Waals surface area contributed by atoms with E-state index < -0.39 is 6.23 Å². The maximum absolute atomic E-state index is 12.9. The van der Waals surface area contributed by atoms with Crippen molar-refractivity contribution in [1.82, 2.24) is 15.2 Å². The van der Waals surface area contributed by atoms with E-state index >= 15 is 0 Å². The molecule has 0 radical (unpaired) electrons. The summed E-state index contributed by atoms with van der Waals surface area (Å²) in [5, 5.41) is 9.19. The number of carbonyl (C=O) groups is 1. The lowest BCUT2D eigenvalue weighted by Crippen LogP contribution is -2.36. The Balaban J connectivity index is 1.62. The van der Waals surface area contributed by atoms with Gasteiger partial charge in [0.2, 0.25) is 23.2 Å². The van der Waals surface area contributed by atoms with Crippen molar-refractivity contribution >= 4 is 23.4 Å². The van der Waals surface area contributed by atoms with Crippen LogP contribution in [-0.2, 0) is 4.79 Å². The molecule has 3 aromatic carbocycles. The molecule has 1 atom stereocenters. The number of hydrogen-bond acceptors (Lipinski definition) is 7. The van der Waals surface area contributed by atoms with Crippen LogP contribution in [0.15, 0.2) is 84.0 Å². The highest BCUT2D eigenvalue weighted by molar-refractivity contribution is 7.99. The zero-order valence-corrected chi connectivity index (χ0v) is 19.5. The standard InChI is InChI=1S/C26H22N4O3S/c1-3-34-26-27-24-23(28-29-26)21-14-7-8-15-22(21)30(17(2)31)25(33-24)18-10-9-13-20(16-18)32-19-11-5-4-6-12-19/h4-16,25H,3H2,1-2H3/t25-/m0/s1. The Morgan fingerprint density at radius 1 is 1.00 bits per heavy atom. The zero-order valence-electron chi connectivity index (χ0n) is 18.7. The second-order valence-corrected chi connectivity index (χ2v) is 8.78. The van der Waals surface area contributed by atoms with E-state index in [1.807, 2.05) is 85.8 Å². The maximum Gasteiger partial charge on any atom is 0.247 e. The van der Waals surface area contributed by atoms with Gasteiger partial charge < -0.3 is 9.47 Å². The van der Waals surface area contributed by atoms with Crippen molar-refractivity contribution in [2.45, 2.75) is 25.2 Å². The van der Waals surface area contributed by atoms with E-state index in [0.717, 1.165) is 22.6 Å². The van der Waals surface area contributed by atoms with Crippen molar-refractivity contribution < 1.29 is 14.3 Å². The lowest BCUT2D eigenvalue weighted by atomic mass is 10.1. The molecule has 1 amide bonds. The molecule has 34 heavy (non-hydrogen) atoms. The largest absolute Gasteiger partial charge is 0.457 e. The molecule has 0 N–H and O–H groups in total. The van der Waals surface area contributed by atoms with E-state index in [0.29, 0.717) is 28.2 Å². The topological polar surface area (TPSA) is 77.4 Å². The molecular weight excluding hydrogens is 448 g/mol. The van der Waals surface area contributed by atoms with Gasteiger partial charge >= 0.3 is 0 Å². The Labute approximate surface area is 201 Å². The predicted octanol–water partition coefficient (Wildman–Crippen LogP) is 5.89. The Bertz CT molecular complexity index is 1330. The number of nitrogens with zero attached hydrogens (tertiary/aromatic N) is 4. The first-order valence-corrected chi connectivity index (χ1v) is 11.9. The van der Waals surface area contributed by atoms with Crippen LogP contribution in [0.2, 0.25) is 0 Å². The molecule has 0 bridgehead atoms. The molecule has 8 heteroatoms. The quantitative estimate of drug-likeness (QED) is 0.337. The van der Waals surface area contributed by atoms with E-state index in [1.165, 1.54) is 18.7 Å². The average molecular weight is 471 g/mol. The summed E-state index contributed by atoms with van der Waals surface area (Å²) < 4.78 is 12.4. The highest BCUT2D eigenvalue weighted by Crippen LogP contribution is 2.43. The number of para-hydroxylation sites is 2. The number of rotatable bonds is 5. The highest BCUT2D eigenvalue weighted by Gasteiger charge is 2.34. The van der Waals surface area contributed by atoms with Gasteiger partial charge in [-0.25, -0.2) is 0 Å². The van der Waals surface area contributed by atoms with Gasteiger partial charge in [0, 0.05) is 18.1 Å². The molecule has 170 valence electrons. The van der Waals surface area contributed by atoms with E-state index in [9.17, 15) is 4.79 Å². The molecule has 1 aliphatic heterocycles. The van der Waals surface area contributed by atoms with E-state index in [4.69, 9.17) is 9.47 Å². The SMILES string of the molecule is CCSc1nnc2c(n1)O[C@@H](c1cccc(Oc3ccccc3)c1)N(C(C)=O)c1ccccc1-2. The number of amides is 1. The summed E-state index contributed by atoms with van der Waals surface area (Å²) in [5.74, 6) is 2.33. The van der Waals surface area contributed by atoms with Crippen LogP contribution in [0.1, 0.15) is 25.6 Å². The molecule has 0 unspecified atom stereocenters. The molecule has 1 aromatic heterocycles. The molecular formula is C26H22N4O3S. The minimum absolute atomic E-state index is 0.171. The van der Waals surface area contributed by atoms with E-state index in [2.05, 4.69) is 15.2 Å². The number of anilines is 1. The van der Waals surface area contributed by atoms with Crippen molar-refractivity contribution in [2.75, 3.05) is 10.7 Å². The Morgan fingerprint density at radius 3 is 2.56 bits per heavy atom. The predicted molar refractivity (Wildman–Crippen MR) is 131 cm³/mol. The third-order valence-electron chi connectivity index (χ3n) is 5.25. The number of ether oxygens (including phenoxy) is 2. The van der Waals surface area contributed by atoms with Crippen LogP contribution in [0.4, 0.5) is 5.69 Å². The first kappa shape index (κ1) is 21.9. The Hall–Kier alpha value is -3.91. The Kier molecular flexibility index (Phi) is 6.14. The van der Waals surface area contributed by atoms with Crippen LogP contribution in [0, 0.1) is 0 Å². The summed E-state index contributed by atoms with van der Waals surface area (Å²) in [5.41, 5.74) is 2.66. The summed E-state index contributed by atoms with van der Waals surface area (Å²) in [6.45, 7) is 3.54. The number of carbonyl (C=O) groups excluding carboxylic acids is 1. The molecule has 0 aliphatic carbocycles. The minimum atomic E-state index is -0.768. The average Bonchev–Trinajstić information content (AvgIpc) is 2.99. The van der Waals surface area contributed by atoms with Crippen molar-refractivity contribution in [3.8, 4) is 28.6 Å². The van der Waals surface area contributed by atoms with Crippen LogP contribution < -0.4 is 14.4 Å². The van der Waals surface area contributed by atoms with Gasteiger partial charge in [0.15, 0.2) is 5.69 Å². The Morgan fingerprint density at radius 2 is 1.76 bits per heavy atom. The third kappa shape index (κ3) is 4.32. The molecule has 7 nitrogen and oxygen atoms in total. The number of fused-ring (bicyclic) bond motifs is 3. The first-order chi connectivity index (χ1) is 16.6. The fourth-order valence-corrected chi connectivity index (χ4v) is 4.32. The van der Waals surface area contributed by atoms with Crippen molar-refractivity contribution in [3.05, 3.63) is 84.4 Å². The van der Waals surface area contributed by atoms with Gasteiger partial charge in [0.05, 0.1) is 5.69 Å². The van der Waals surface area contributed by atoms with Crippen molar-refractivity contribution in [3.63, 3.8) is 0 Å². The fraction of sp³-hybridized carbons (Fsp3) is 0.154. The van der Waals surface area contributed by atoms with Gasteiger partial charge in [-0.3, -0.25) is 9.69 Å². The monoisotopic (exact) mass is 470 g/mol. The summed E-state index contributed by atoms with van der Waals surface area (Å²) in [7, 11) is 0. The van der Waals surface area contributed by atoms with Crippen LogP contribution in [0.25, 0.3) is 11.3 Å². The second kappa shape index (κ2) is 9.52. The fourth-order valence-electron chi connectivity index (χ4n) is 3.82. The van der Waals surface area contributed by atoms with Gasteiger partial charge in [0.25, 0.3) is 0 Å². The number of aromatic nitrogens is 3. The van der Waals surface area contributed by atoms with Gasteiger partial charge in [-0.05, 0) is 36.1 Å². The van der Waals surface area contributed by atoms with Gasteiger partial charge in [-0.1, -0.05) is 67.2 Å². The van der Waals surface area contributed by atoms with Crippen LogP contribution >= 0.6 is 11.8 Å². The summed E-state index contributed by atoms with van der Waals surface area (Å²) >= 11 is 1.48. The number of benzene rings is 3. The smallest absolute Gasteiger partial charge is 0.247 e. The molecule has 5 rings (SSSR count). The maximum atomic E-state index is 12.9. The molecule has 0 saturated carbocycles. The van der Waals surface area contributed by atoms with Gasteiger partial charge in [-0.2, -0.15) is 4.98 Å². The van der Waals surface area contributed by atoms with Crippen LogP contribution in [-0.4, -0.2) is 26.8 Å². The molecule has 0 saturated heterocycles. The second-order valence-electron chi connectivity index (χ2n) is 7.55. The minimum Gasteiger partial charge on any atom is -0.457 e. The summed E-state index contributed by atoms with van der Waals surface area (Å²) in [6.07, 6.45) is -0.768. The van der Waals surface area contributed by atoms with Crippen molar-refractivity contribution in [2.24, 2.45) is 0 Å². The van der Waals surface area contributed by atoms with E-state index in [-0.39, 0.29) is 5.91 Å². The van der Waals surface area contributed by atoms with Crippen LogP contribution in [0.3, 0.4) is 0 Å². The molecule has 2 heterocycles. The molecule has 4 aromatic rings. The lowest BCUT2D eigenvalue weighted by molar-refractivity contribution is -0.118. The normalized spacial score (nSPS) is 14.4. The lowest BCUT2D eigenvalue weighted by Gasteiger charge is -2.30. The number of thioether (sulfide) groups is 1. The van der Waals surface area contributed by atoms with Gasteiger partial charge in [-0.15, -0.1) is 10.2 Å². The third-order valence-corrected chi connectivity index (χ3v) is 5.97. The van der Waals surface area contributed by atoms with Crippen molar-refractivity contribution in [1.29, 1.82) is 0 Å². The van der Waals surface area contributed by atoms with Crippen LogP contribution in [0.5, 0.6) is 17.4 Å². The van der Waals surface area contributed by atoms with E-state index in [1.54, 1.807) is 4.90 Å². The molecule has 0 spiro atoms. The highest BCUT2D eigenvalue weighted by atomic mass is 32.2. The molecule has 1 aliphatic rings. The first-order valence-electron chi connectivity index (χ1n) is 10.9. The summed E-state index contributed by atoms with van der Waals surface area (Å²) in [6, 6.07) is 24.6. The number of hydrogen-bond donors (Lipinski definition) is 0. The summed E-state index contributed by atoms with van der Waals surface area (Å²) in [4.78, 5) is 19.2. The molecule has 0 fully saturated rings. The zero-order chi connectivity index (χ0) is 23.5.